The van der Waals surface area contributed by atoms with Crippen molar-refractivity contribution in [1.29, 1.82) is 0 Å². The smallest absolute Gasteiger partial charge is 0.126 e. The van der Waals surface area contributed by atoms with Gasteiger partial charge >= 0.3 is 0 Å². The van der Waals surface area contributed by atoms with Gasteiger partial charge in [0, 0.05) is 14.2 Å². The van der Waals surface area contributed by atoms with Crippen molar-refractivity contribution < 1.29 is 9.84 Å². The first-order valence-corrected chi connectivity index (χ1v) is 5.80. The van der Waals surface area contributed by atoms with Crippen LogP contribution in [0.15, 0.2) is 6.20 Å². The van der Waals surface area contributed by atoms with E-state index in [0.29, 0.717) is 23.6 Å². The van der Waals surface area contributed by atoms with Crippen LogP contribution in [0.5, 0.6) is 0 Å². The van der Waals surface area contributed by atoms with E-state index >= 15 is 0 Å². The van der Waals surface area contributed by atoms with Crippen LogP contribution in [0.3, 0.4) is 0 Å². The number of aromatic nitrogens is 2. The molecule has 0 aliphatic carbocycles. The number of nitrogens with zero attached hydrogens (tertiary/aromatic N) is 2. The Hall–Kier alpha value is -0.580. The molecule has 1 aromatic rings. The zero-order valence-electron chi connectivity index (χ0n) is 10.2. The maximum Gasteiger partial charge on any atom is 0.126 e. The number of aliphatic hydroxyl groups excluding tert-OH is 1. The summed E-state index contributed by atoms with van der Waals surface area (Å²) in [5, 5.41) is 14.9. The van der Waals surface area contributed by atoms with Crippen LogP contribution in [0.1, 0.15) is 38.5 Å². The van der Waals surface area contributed by atoms with Gasteiger partial charge in [-0.3, -0.25) is 4.68 Å². The van der Waals surface area contributed by atoms with Gasteiger partial charge in [0.25, 0.3) is 0 Å². The Balaban J connectivity index is 3.13. The molecule has 1 unspecified atom stereocenters. The van der Waals surface area contributed by atoms with E-state index in [2.05, 4.69) is 5.10 Å². The van der Waals surface area contributed by atoms with Crippen molar-refractivity contribution in [3.63, 3.8) is 0 Å². The van der Waals surface area contributed by atoms with Gasteiger partial charge in [-0.25, -0.2) is 0 Å². The number of aryl methyl sites for hydroxylation is 1. The highest BCUT2D eigenvalue weighted by Gasteiger charge is 2.38. The Morgan fingerprint density at radius 2 is 2.12 bits per heavy atom. The van der Waals surface area contributed by atoms with E-state index < -0.39 is 11.7 Å². The summed E-state index contributed by atoms with van der Waals surface area (Å²) < 4.78 is 7.07. The molecule has 0 aromatic carbocycles. The van der Waals surface area contributed by atoms with Gasteiger partial charge in [-0.2, -0.15) is 5.10 Å². The van der Waals surface area contributed by atoms with Crippen LogP contribution in [-0.2, 0) is 11.8 Å². The van der Waals surface area contributed by atoms with Crippen LogP contribution in [0.25, 0.3) is 0 Å². The molecular formula is C11H19ClN2O2. The number of methoxy groups -OCH3 is 1. The second-order valence-electron chi connectivity index (χ2n) is 3.88. The van der Waals surface area contributed by atoms with Gasteiger partial charge in [0.15, 0.2) is 0 Å². The summed E-state index contributed by atoms with van der Waals surface area (Å²) in [5.74, 6) is 0. The van der Waals surface area contributed by atoms with Gasteiger partial charge in [0.1, 0.15) is 6.10 Å². The van der Waals surface area contributed by atoms with Crippen LogP contribution in [-0.4, -0.2) is 27.6 Å². The third kappa shape index (κ3) is 2.10. The first-order valence-electron chi connectivity index (χ1n) is 5.43. The van der Waals surface area contributed by atoms with E-state index in [1.165, 1.54) is 6.20 Å². The molecule has 92 valence electrons. The summed E-state index contributed by atoms with van der Waals surface area (Å²) >= 11 is 6.02. The number of rotatable bonds is 5. The predicted octanol–water partition coefficient (Wildman–Crippen LogP) is 2.31. The molecule has 0 aliphatic rings. The molecular weight excluding hydrogens is 228 g/mol. The lowest BCUT2D eigenvalue weighted by Crippen LogP contribution is -2.38. The molecule has 4 nitrogen and oxygen atoms in total. The molecule has 0 saturated heterocycles. The van der Waals surface area contributed by atoms with E-state index in [9.17, 15) is 5.11 Å². The molecule has 0 radical (unpaired) electrons. The third-order valence-corrected chi connectivity index (χ3v) is 3.59. The first kappa shape index (κ1) is 13.5. The highest BCUT2D eigenvalue weighted by atomic mass is 35.5. The molecule has 0 saturated carbocycles. The lowest BCUT2D eigenvalue weighted by molar-refractivity contribution is -0.112. The van der Waals surface area contributed by atoms with E-state index in [0.717, 1.165) is 0 Å². The van der Waals surface area contributed by atoms with Crippen LogP contribution in [0.4, 0.5) is 0 Å². The second-order valence-corrected chi connectivity index (χ2v) is 4.29. The highest BCUT2D eigenvalue weighted by Crippen LogP contribution is 2.37. The molecule has 0 aliphatic heterocycles. The van der Waals surface area contributed by atoms with Crippen molar-refractivity contribution in [3.05, 3.63) is 16.9 Å². The molecule has 5 heteroatoms. The monoisotopic (exact) mass is 246 g/mol. The van der Waals surface area contributed by atoms with Gasteiger partial charge in [0.05, 0.1) is 22.5 Å². The molecule has 0 bridgehead atoms. The fourth-order valence-electron chi connectivity index (χ4n) is 2.01. The van der Waals surface area contributed by atoms with Crippen molar-refractivity contribution in [2.24, 2.45) is 7.05 Å². The minimum Gasteiger partial charge on any atom is -0.384 e. The van der Waals surface area contributed by atoms with Crippen LogP contribution < -0.4 is 0 Å². The SMILES string of the molecule is CCC(CC)(OC)C(O)c1c(Cl)cnn1C. The molecule has 1 heterocycles. The molecule has 1 rings (SSSR count). The summed E-state index contributed by atoms with van der Waals surface area (Å²) in [6.07, 6.45) is 2.18. The maximum atomic E-state index is 10.4. The quantitative estimate of drug-likeness (QED) is 0.867. The number of hydrogen-bond acceptors (Lipinski definition) is 3. The van der Waals surface area contributed by atoms with Crippen molar-refractivity contribution >= 4 is 11.6 Å². The number of hydrogen-bond donors (Lipinski definition) is 1. The number of aliphatic hydroxyl groups is 1. The average molecular weight is 247 g/mol. The van der Waals surface area contributed by atoms with Gasteiger partial charge in [-0.15, -0.1) is 0 Å². The zero-order chi connectivity index (χ0) is 12.3. The van der Waals surface area contributed by atoms with Crippen molar-refractivity contribution in [2.45, 2.75) is 38.4 Å². The van der Waals surface area contributed by atoms with Crippen LogP contribution >= 0.6 is 11.6 Å². The molecule has 0 spiro atoms. The molecule has 1 atom stereocenters. The Bertz CT molecular complexity index is 320. The van der Waals surface area contributed by atoms with Crippen LogP contribution in [0, 0.1) is 0 Å². The Morgan fingerprint density at radius 3 is 2.44 bits per heavy atom. The van der Waals surface area contributed by atoms with E-state index in [1.54, 1.807) is 18.8 Å². The average Bonchev–Trinajstić information content (AvgIpc) is 2.61. The molecule has 16 heavy (non-hydrogen) atoms. The Kier molecular flexibility index (Phi) is 4.35. The minimum atomic E-state index is -0.771. The zero-order valence-corrected chi connectivity index (χ0v) is 11.0. The van der Waals surface area contributed by atoms with Crippen molar-refractivity contribution in [2.75, 3.05) is 7.11 Å². The van der Waals surface area contributed by atoms with Gasteiger partial charge in [-0.05, 0) is 12.8 Å². The largest absolute Gasteiger partial charge is 0.384 e. The highest BCUT2D eigenvalue weighted by molar-refractivity contribution is 6.31. The third-order valence-electron chi connectivity index (χ3n) is 3.30. The van der Waals surface area contributed by atoms with Gasteiger partial charge in [-0.1, -0.05) is 25.4 Å². The lowest BCUT2D eigenvalue weighted by Gasteiger charge is -2.35. The van der Waals surface area contributed by atoms with E-state index in [4.69, 9.17) is 16.3 Å². The summed E-state index contributed by atoms with van der Waals surface area (Å²) in [5.41, 5.74) is 0.00414. The Morgan fingerprint density at radius 1 is 1.56 bits per heavy atom. The number of ether oxygens (including phenoxy) is 1. The van der Waals surface area contributed by atoms with Crippen molar-refractivity contribution in [1.82, 2.24) is 9.78 Å². The van der Waals surface area contributed by atoms with Gasteiger partial charge < -0.3 is 9.84 Å². The standard InChI is InChI=1S/C11H19ClN2O2/c1-5-11(6-2,16-4)10(15)9-8(12)7-13-14(9)3/h7,10,15H,5-6H2,1-4H3. The molecule has 1 aromatic heterocycles. The topological polar surface area (TPSA) is 47.3 Å². The van der Waals surface area contributed by atoms with E-state index in [-0.39, 0.29) is 0 Å². The fourth-order valence-corrected chi connectivity index (χ4v) is 2.28. The summed E-state index contributed by atoms with van der Waals surface area (Å²) in [4.78, 5) is 0. The predicted molar refractivity (Wildman–Crippen MR) is 63.5 cm³/mol. The molecule has 1 N–H and O–H groups in total. The van der Waals surface area contributed by atoms with E-state index in [1.807, 2.05) is 13.8 Å². The number of halogens is 1. The lowest BCUT2D eigenvalue weighted by atomic mass is 9.88. The normalized spacial score (nSPS) is 14.1. The van der Waals surface area contributed by atoms with Crippen LogP contribution in [0.2, 0.25) is 5.02 Å². The molecule has 0 amide bonds. The molecule has 0 fully saturated rings. The first-order chi connectivity index (χ1) is 7.52. The van der Waals surface area contributed by atoms with Gasteiger partial charge in [0.2, 0.25) is 0 Å². The summed E-state index contributed by atoms with van der Waals surface area (Å²) in [6, 6.07) is 0. The fraction of sp³-hybridized carbons (Fsp3) is 0.727. The Labute approximate surface area is 101 Å². The minimum absolute atomic E-state index is 0.471. The summed E-state index contributed by atoms with van der Waals surface area (Å²) in [7, 11) is 3.37. The maximum absolute atomic E-state index is 10.4. The van der Waals surface area contributed by atoms with Crippen molar-refractivity contribution in [3.8, 4) is 0 Å². The second kappa shape index (κ2) is 5.17. The summed E-state index contributed by atoms with van der Waals surface area (Å²) in [6.45, 7) is 3.97.